The Bertz CT molecular complexity index is 1840. The van der Waals surface area contributed by atoms with Gasteiger partial charge in [-0.2, -0.15) is 0 Å². The minimum absolute atomic E-state index is 0.00162. The maximum Gasteiger partial charge on any atom is 0.166 e. The minimum Gasteiger partial charge on any atom is -0.361 e. The van der Waals surface area contributed by atoms with Gasteiger partial charge in [-0.25, -0.2) is 17.6 Å². The summed E-state index contributed by atoms with van der Waals surface area (Å²) in [5.74, 6) is -3.69. The number of aromatic nitrogens is 2. The molecule has 8 heteroatoms. The number of rotatable bonds is 10. The summed E-state index contributed by atoms with van der Waals surface area (Å²) in [5, 5.41) is 0.597. The van der Waals surface area contributed by atoms with Crippen LogP contribution in [-0.4, -0.2) is 21.5 Å². The molecule has 1 atom stereocenters. The number of hydrogen-bond acceptors (Lipinski definition) is 3. The van der Waals surface area contributed by atoms with Crippen molar-refractivity contribution < 1.29 is 27.2 Å². The van der Waals surface area contributed by atoms with Crippen LogP contribution in [0.2, 0.25) is 0 Å². The summed E-state index contributed by atoms with van der Waals surface area (Å²) in [5.41, 5.74) is 2.84. The summed E-state index contributed by atoms with van der Waals surface area (Å²) < 4.78 is 57.1. The third-order valence-corrected chi connectivity index (χ3v) is 7.49. The Morgan fingerprint density at radius 3 is 2.36 bits per heavy atom. The van der Waals surface area contributed by atoms with Crippen LogP contribution in [0.4, 0.5) is 17.6 Å². The van der Waals surface area contributed by atoms with E-state index in [1.807, 2.05) is 20.8 Å². The number of carbonyl (C=O) groups excluding carboxylic acids is 2. The van der Waals surface area contributed by atoms with Gasteiger partial charge >= 0.3 is 0 Å². The smallest absolute Gasteiger partial charge is 0.166 e. The van der Waals surface area contributed by atoms with Gasteiger partial charge in [-0.15, -0.1) is 0 Å². The molecule has 5 aromatic rings. The number of nitrogens with one attached hydrogen (secondary N) is 1. The molecule has 2 heterocycles. The third kappa shape index (κ3) is 7.30. The van der Waals surface area contributed by atoms with Gasteiger partial charge in [0.2, 0.25) is 0 Å². The first-order chi connectivity index (χ1) is 20.9. The van der Waals surface area contributed by atoms with Gasteiger partial charge in [0.25, 0.3) is 0 Å². The predicted octanol–water partition coefficient (Wildman–Crippen LogP) is 8.93. The van der Waals surface area contributed by atoms with E-state index in [2.05, 4.69) is 9.97 Å². The molecule has 44 heavy (non-hydrogen) atoms. The van der Waals surface area contributed by atoms with E-state index >= 15 is 0 Å². The molecule has 0 aliphatic heterocycles. The molecular formula is C36H32F4N2O2. The molecule has 5 rings (SSSR count). The van der Waals surface area contributed by atoms with Gasteiger partial charge in [-0.1, -0.05) is 32.9 Å². The molecule has 2 aromatic heterocycles. The molecule has 0 saturated carbocycles. The van der Waals surface area contributed by atoms with Gasteiger partial charge in [0.05, 0.1) is 11.3 Å². The van der Waals surface area contributed by atoms with E-state index in [1.165, 1.54) is 36.4 Å². The second-order valence-corrected chi connectivity index (χ2v) is 12.4. The second-order valence-electron chi connectivity index (χ2n) is 12.4. The topological polar surface area (TPSA) is 62.8 Å². The van der Waals surface area contributed by atoms with Crippen LogP contribution in [0.25, 0.3) is 22.0 Å². The van der Waals surface area contributed by atoms with Gasteiger partial charge in [-0.3, -0.25) is 14.6 Å². The van der Waals surface area contributed by atoms with Crippen molar-refractivity contribution in [2.45, 2.75) is 52.4 Å². The van der Waals surface area contributed by atoms with Gasteiger partial charge in [0.1, 0.15) is 29.1 Å². The van der Waals surface area contributed by atoms with Crippen LogP contribution in [0.5, 0.6) is 0 Å². The fourth-order valence-corrected chi connectivity index (χ4v) is 5.61. The Kier molecular flexibility index (Phi) is 8.81. The van der Waals surface area contributed by atoms with E-state index in [0.717, 1.165) is 6.07 Å². The average molecular weight is 601 g/mol. The lowest BCUT2D eigenvalue weighted by Gasteiger charge is -2.21. The minimum atomic E-state index is -0.743. The summed E-state index contributed by atoms with van der Waals surface area (Å²) in [7, 11) is 0. The largest absolute Gasteiger partial charge is 0.361 e. The summed E-state index contributed by atoms with van der Waals surface area (Å²) in [6, 6.07) is 15.2. The Morgan fingerprint density at radius 2 is 1.64 bits per heavy atom. The van der Waals surface area contributed by atoms with E-state index in [4.69, 9.17) is 0 Å². The molecule has 1 N–H and O–H groups in total. The van der Waals surface area contributed by atoms with E-state index < -0.39 is 29.2 Å². The fourth-order valence-electron chi connectivity index (χ4n) is 5.61. The van der Waals surface area contributed by atoms with E-state index in [9.17, 15) is 27.2 Å². The zero-order valence-electron chi connectivity index (χ0n) is 24.7. The molecule has 0 amide bonds. The molecule has 4 nitrogen and oxygen atoms in total. The van der Waals surface area contributed by atoms with Crippen molar-refractivity contribution in [3.63, 3.8) is 0 Å². The number of Topliss-reactive ketones (excluding diaryl/α,β-unsaturated/α-hetero) is 2. The van der Waals surface area contributed by atoms with E-state index in [-0.39, 0.29) is 48.2 Å². The van der Waals surface area contributed by atoms with Crippen LogP contribution in [0.1, 0.15) is 66.7 Å². The normalized spacial score (nSPS) is 12.4. The second kappa shape index (κ2) is 12.6. The van der Waals surface area contributed by atoms with Crippen molar-refractivity contribution in [3.05, 3.63) is 125 Å². The Morgan fingerprint density at radius 1 is 0.886 bits per heavy atom. The average Bonchev–Trinajstić information content (AvgIpc) is 3.32. The molecule has 0 aliphatic carbocycles. The van der Waals surface area contributed by atoms with Crippen LogP contribution in [-0.2, 0) is 17.6 Å². The number of benzene rings is 3. The van der Waals surface area contributed by atoms with Crippen LogP contribution < -0.4 is 0 Å². The molecule has 0 bridgehead atoms. The van der Waals surface area contributed by atoms with Crippen molar-refractivity contribution in [1.82, 2.24) is 9.97 Å². The Labute approximate surface area is 253 Å². The van der Waals surface area contributed by atoms with Gasteiger partial charge < -0.3 is 4.98 Å². The zero-order valence-corrected chi connectivity index (χ0v) is 24.7. The molecular weight excluding hydrogens is 568 g/mol. The molecule has 0 fully saturated rings. The van der Waals surface area contributed by atoms with Crippen molar-refractivity contribution in [1.29, 1.82) is 0 Å². The highest BCUT2D eigenvalue weighted by atomic mass is 19.1. The summed E-state index contributed by atoms with van der Waals surface area (Å²) >= 11 is 0. The molecule has 0 saturated heterocycles. The van der Waals surface area contributed by atoms with Crippen molar-refractivity contribution in [2.75, 3.05) is 0 Å². The number of fused-ring (bicyclic) bond motifs is 1. The first kappa shape index (κ1) is 30.9. The van der Waals surface area contributed by atoms with Crippen LogP contribution >= 0.6 is 0 Å². The summed E-state index contributed by atoms with van der Waals surface area (Å²) in [4.78, 5) is 34.2. The van der Waals surface area contributed by atoms with Crippen LogP contribution in [0.15, 0.2) is 79.1 Å². The lowest BCUT2D eigenvalue weighted by molar-refractivity contribution is -0.118. The van der Waals surface area contributed by atoms with E-state index in [0.29, 0.717) is 38.9 Å². The lowest BCUT2D eigenvalue weighted by Crippen LogP contribution is -2.15. The van der Waals surface area contributed by atoms with Crippen molar-refractivity contribution in [2.24, 2.45) is 5.41 Å². The quantitative estimate of drug-likeness (QED) is 0.129. The monoisotopic (exact) mass is 600 g/mol. The van der Waals surface area contributed by atoms with Crippen LogP contribution in [0, 0.1) is 28.7 Å². The highest BCUT2D eigenvalue weighted by molar-refractivity contribution is 5.98. The van der Waals surface area contributed by atoms with Crippen molar-refractivity contribution >= 4 is 22.5 Å². The van der Waals surface area contributed by atoms with Gasteiger partial charge in [-0.05, 0) is 77.1 Å². The molecule has 3 aromatic carbocycles. The number of pyridine rings is 1. The number of aromatic amines is 1. The summed E-state index contributed by atoms with van der Waals surface area (Å²) in [6.07, 6.45) is 3.42. The van der Waals surface area contributed by atoms with Crippen molar-refractivity contribution in [3.8, 4) is 11.1 Å². The molecule has 226 valence electrons. The van der Waals surface area contributed by atoms with Gasteiger partial charge in [0.15, 0.2) is 5.78 Å². The molecule has 0 unspecified atom stereocenters. The highest BCUT2D eigenvalue weighted by Crippen LogP contribution is 2.35. The van der Waals surface area contributed by atoms with Crippen LogP contribution in [0.3, 0.4) is 0 Å². The number of H-pyrrole nitrogens is 1. The number of hydrogen-bond donors (Lipinski definition) is 1. The maximum atomic E-state index is 14.8. The number of nitrogens with zero attached hydrogens (tertiary/aromatic N) is 1. The summed E-state index contributed by atoms with van der Waals surface area (Å²) in [6.45, 7) is 5.69. The lowest BCUT2D eigenvalue weighted by atomic mass is 9.84. The first-order valence-corrected chi connectivity index (χ1v) is 14.4. The Hall–Kier alpha value is -4.59. The standard InChI is InChI=1S/C36H32F4N2O2/c1-36(2,3)19-34(44)31-16-22(6-8-32(31)40)29-5-4-10-41-35(29)23(11-21-12-26(38)17-27(39)13-21)14-28(43)15-24-20-42-33-9-7-25(37)18-30(24)33/h4-10,12-13,16-18,20,23,42H,11,14-15,19H2,1-3H3/t23-/m1/s1. The zero-order chi connectivity index (χ0) is 31.6. The number of ketones is 2. The molecule has 0 radical (unpaired) electrons. The predicted molar refractivity (Wildman–Crippen MR) is 162 cm³/mol. The molecule has 0 aliphatic rings. The fraction of sp³-hybridized carbons (Fsp3) is 0.250. The maximum absolute atomic E-state index is 14.8. The Balaban J connectivity index is 1.52. The van der Waals surface area contributed by atoms with Gasteiger partial charge in [0, 0.05) is 60.1 Å². The number of halogens is 4. The molecule has 0 spiro atoms. The van der Waals surface area contributed by atoms with E-state index in [1.54, 1.807) is 36.7 Å². The third-order valence-electron chi connectivity index (χ3n) is 7.49. The SMILES string of the molecule is CC(C)(C)CC(=O)c1cc(-c2cccnc2[C@@H](CC(=O)Cc2c[nH]c3ccc(F)cc23)Cc2cc(F)cc(F)c2)ccc1F. The number of carbonyl (C=O) groups is 2. The first-order valence-electron chi connectivity index (χ1n) is 14.4. The highest BCUT2D eigenvalue weighted by Gasteiger charge is 2.25.